The van der Waals surface area contributed by atoms with Crippen LogP contribution in [0.3, 0.4) is 0 Å². The molecule has 0 saturated heterocycles. The summed E-state index contributed by atoms with van der Waals surface area (Å²) in [6.07, 6.45) is 0.597. The molecule has 0 fully saturated rings. The molecule has 19 heavy (non-hydrogen) atoms. The summed E-state index contributed by atoms with van der Waals surface area (Å²) in [5.41, 5.74) is 1.07. The summed E-state index contributed by atoms with van der Waals surface area (Å²) in [5.74, 6) is 0.911. The molecule has 0 saturated carbocycles. The van der Waals surface area contributed by atoms with Gasteiger partial charge in [0, 0.05) is 13.0 Å². The third-order valence-corrected chi connectivity index (χ3v) is 3.05. The molecule has 0 aliphatic rings. The van der Waals surface area contributed by atoms with Crippen molar-refractivity contribution in [2.24, 2.45) is 5.92 Å². The van der Waals surface area contributed by atoms with Crippen LogP contribution in [0, 0.1) is 5.92 Å². The molecular weight excluding hydrogens is 242 g/mol. The zero-order chi connectivity index (χ0) is 14.3. The van der Waals surface area contributed by atoms with E-state index in [1.54, 1.807) is 7.11 Å². The third-order valence-electron chi connectivity index (χ3n) is 3.05. The zero-order valence-electron chi connectivity index (χ0n) is 11.8. The number of nitrogens with one attached hydrogen (secondary N) is 1. The summed E-state index contributed by atoms with van der Waals surface area (Å²) < 4.78 is 5.13. The number of aliphatic hydroxyl groups excluding tert-OH is 1. The maximum atomic E-state index is 11.6. The van der Waals surface area contributed by atoms with Crippen molar-refractivity contribution in [2.75, 3.05) is 13.7 Å². The Morgan fingerprint density at radius 3 is 2.79 bits per heavy atom. The molecule has 1 atom stereocenters. The standard InChI is InChI=1S/C15H23NO3/c1-11(2)14(17)10-16-15(18)8-7-12-5-4-6-13(9-12)19-3/h4-6,9,11,14,17H,7-8,10H2,1-3H3,(H,16,18). The SMILES string of the molecule is COc1cccc(CCC(=O)NCC(O)C(C)C)c1. The fourth-order valence-electron chi connectivity index (χ4n) is 1.63. The van der Waals surface area contributed by atoms with Gasteiger partial charge in [0.25, 0.3) is 0 Å². The molecule has 4 nitrogen and oxygen atoms in total. The van der Waals surface area contributed by atoms with Crippen LogP contribution >= 0.6 is 0 Å². The first kappa shape index (κ1) is 15.5. The number of aliphatic hydroxyl groups is 1. The lowest BCUT2D eigenvalue weighted by Gasteiger charge is -2.15. The minimum atomic E-state index is -0.485. The minimum absolute atomic E-state index is 0.0393. The molecule has 0 bridgehead atoms. The van der Waals surface area contributed by atoms with Gasteiger partial charge >= 0.3 is 0 Å². The molecule has 0 spiro atoms. The van der Waals surface area contributed by atoms with Gasteiger partial charge < -0.3 is 15.2 Å². The van der Waals surface area contributed by atoms with E-state index in [1.165, 1.54) is 0 Å². The molecule has 0 heterocycles. The number of carbonyl (C=O) groups is 1. The quantitative estimate of drug-likeness (QED) is 0.790. The predicted octanol–water partition coefficient (Wildman–Crippen LogP) is 1.76. The number of ether oxygens (including phenoxy) is 1. The minimum Gasteiger partial charge on any atom is -0.497 e. The van der Waals surface area contributed by atoms with Crippen LogP contribution in [0.2, 0.25) is 0 Å². The monoisotopic (exact) mass is 265 g/mol. The van der Waals surface area contributed by atoms with Gasteiger partial charge in [-0.15, -0.1) is 0 Å². The Morgan fingerprint density at radius 2 is 2.16 bits per heavy atom. The molecule has 1 amide bonds. The fraction of sp³-hybridized carbons (Fsp3) is 0.533. The van der Waals surface area contributed by atoms with Gasteiger partial charge in [-0.2, -0.15) is 0 Å². The highest BCUT2D eigenvalue weighted by Crippen LogP contribution is 2.13. The Morgan fingerprint density at radius 1 is 1.42 bits per heavy atom. The lowest BCUT2D eigenvalue weighted by atomic mass is 10.1. The second-order valence-electron chi connectivity index (χ2n) is 4.97. The maximum absolute atomic E-state index is 11.6. The first-order valence-corrected chi connectivity index (χ1v) is 6.60. The Labute approximate surface area is 114 Å². The van der Waals surface area contributed by atoms with Gasteiger partial charge in [-0.25, -0.2) is 0 Å². The molecule has 2 N–H and O–H groups in total. The largest absolute Gasteiger partial charge is 0.497 e. The van der Waals surface area contributed by atoms with Crippen LogP contribution in [0.5, 0.6) is 5.75 Å². The van der Waals surface area contributed by atoms with Crippen LogP contribution in [0.1, 0.15) is 25.8 Å². The molecule has 1 aromatic rings. The smallest absolute Gasteiger partial charge is 0.220 e. The Kier molecular flexibility index (Phi) is 6.36. The van der Waals surface area contributed by atoms with Gasteiger partial charge in [0.15, 0.2) is 0 Å². The van der Waals surface area contributed by atoms with Crippen LogP contribution < -0.4 is 10.1 Å². The van der Waals surface area contributed by atoms with Crippen LogP contribution in [0.25, 0.3) is 0 Å². The number of hydrogen-bond donors (Lipinski definition) is 2. The predicted molar refractivity (Wildman–Crippen MR) is 75.2 cm³/mol. The lowest BCUT2D eigenvalue weighted by molar-refractivity contribution is -0.121. The van der Waals surface area contributed by atoms with Gasteiger partial charge in [0.1, 0.15) is 5.75 Å². The van der Waals surface area contributed by atoms with Crippen molar-refractivity contribution >= 4 is 5.91 Å². The molecular formula is C15H23NO3. The topological polar surface area (TPSA) is 58.6 Å². The Hall–Kier alpha value is -1.55. The summed E-state index contributed by atoms with van der Waals surface area (Å²) in [5, 5.41) is 12.3. The van der Waals surface area contributed by atoms with E-state index in [-0.39, 0.29) is 11.8 Å². The van der Waals surface area contributed by atoms with Crippen molar-refractivity contribution < 1.29 is 14.6 Å². The first-order chi connectivity index (χ1) is 9.02. The van der Waals surface area contributed by atoms with Gasteiger partial charge in [-0.05, 0) is 30.0 Å². The van der Waals surface area contributed by atoms with Crippen LogP contribution in [0.15, 0.2) is 24.3 Å². The Balaban J connectivity index is 2.33. The zero-order valence-corrected chi connectivity index (χ0v) is 11.8. The highest BCUT2D eigenvalue weighted by atomic mass is 16.5. The molecule has 0 radical (unpaired) electrons. The van der Waals surface area contributed by atoms with E-state index in [0.29, 0.717) is 19.4 Å². The summed E-state index contributed by atoms with van der Waals surface area (Å²) in [6.45, 7) is 4.16. The average molecular weight is 265 g/mol. The van der Waals surface area contributed by atoms with Crippen molar-refractivity contribution in [1.82, 2.24) is 5.32 Å². The maximum Gasteiger partial charge on any atom is 0.220 e. The van der Waals surface area contributed by atoms with Gasteiger partial charge in [-0.3, -0.25) is 4.79 Å². The van der Waals surface area contributed by atoms with Crippen molar-refractivity contribution in [3.63, 3.8) is 0 Å². The fourth-order valence-corrected chi connectivity index (χ4v) is 1.63. The normalized spacial score (nSPS) is 12.3. The van der Waals surface area contributed by atoms with Crippen molar-refractivity contribution in [3.05, 3.63) is 29.8 Å². The van der Waals surface area contributed by atoms with E-state index < -0.39 is 6.10 Å². The molecule has 106 valence electrons. The summed E-state index contributed by atoms with van der Waals surface area (Å²) in [6, 6.07) is 7.69. The van der Waals surface area contributed by atoms with Crippen molar-refractivity contribution in [3.8, 4) is 5.75 Å². The summed E-state index contributed by atoms with van der Waals surface area (Å²) in [7, 11) is 1.62. The van der Waals surface area contributed by atoms with Gasteiger partial charge in [0.05, 0.1) is 13.2 Å². The highest BCUT2D eigenvalue weighted by Gasteiger charge is 2.10. The third kappa shape index (κ3) is 5.75. The molecule has 0 aliphatic heterocycles. The number of methoxy groups -OCH3 is 1. The molecule has 1 rings (SSSR count). The van der Waals surface area contributed by atoms with Crippen LogP contribution in [-0.2, 0) is 11.2 Å². The Bertz CT molecular complexity index is 404. The van der Waals surface area contributed by atoms with E-state index in [0.717, 1.165) is 11.3 Å². The number of aryl methyl sites for hydroxylation is 1. The number of carbonyl (C=O) groups excluding carboxylic acids is 1. The van der Waals surface area contributed by atoms with Gasteiger partial charge in [-0.1, -0.05) is 26.0 Å². The highest BCUT2D eigenvalue weighted by molar-refractivity contribution is 5.76. The molecule has 1 aromatic carbocycles. The second kappa shape index (κ2) is 7.79. The second-order valence-corrected chi connectivity index (χ2v) is 4.97. The van der Waals surface area contributed by atoms with Gasteiger partial charge in [0.2, 0.25) is 5.91 Å². The number of amides is 1. The number of rotatable bonds is 7. The first-order valence-electron chi connectivity index (χ1n) is 6.60. The van der Waals surface area contributed by atoms with E-state index in [4.69, 9.17) is 4.74 Å². The van der Waals surface area contributed by atoms with E-state index in [2.05, 4.69) is 5.32 Å². The van der Waals surface area contributed by atoms with Crippen molar-refractivity contribution in [1.29, 1.82) is 0 Å². The summed E-state index contributed by atoms with van der Waals surface area (Å²) in [4.78, 5) is 11.6. The average Bonchev–Trinajstić information content (AvgIpc) is 2.42. The molecule has 0 aromatic heterocycles. The molecule has 0 aliphatic carbocycles. The van der Waals surface area contributed by atoms with E-state index in [1.807, 2.05) is 38.1 Å². The number of hydrogen-bond acceptors (Lipinski definition) is 3. The van der Waals surface area contributed by atoms with Crippen molar-refractivity contribution in [2.45, 2.75) is 32.8 Å². The van der Waals surface area contributed by atoms with E-state index >= 15 is 0 Å². The lowest BCUT2D eigenvalue weighted by Crippen LogP contribution is -2.34. The van der Waals surface area contributed by atoms with Crippen LogP contribution in [0.4, 0.5) is 0 Å². The summed E-state index contributed by atoms with van der Waals surface area (Å²) >= 11 is 0. The number of benzene rings is 1. The van der Waals surface area contributed by atoms with E-state index in [9.17, 15) is 9.90 Å². The van der Waals surface area contributed by atoms with Crippen LogP contribution in [-0.4, -0.2) is 30.8 Å². The molecule has 1 unspecified atom stereocenters. The molecule has 4 heteroatoms.